The average molecular weight is 549 g/mol. The molecule has 1 aromatic heterocycles. The molecule has 2 N–H and O–H groups in total. The highest BCUT2D eigenvalue weighted by molar-refractivity contribution is 14.0. The number of hydrogen-bond acceptors (Lipinski definition) is 5. The van der Waals surface area contributed by atoms with E-state index in [1.165, 1.54) is 0 Å². The third-order valence-electron chi connectivity index (χ3n) is 4.64. The van der Waals surface area contributed by atoms with Gasteiger partial charge < -0.3 is 15.2 Å². The highest BCUT2D eigenvalue weighted by Crippen LogP contribution is 2.18. The van der Waals surface area contributed by atoms with Crippen LogP contribution in [0, 0.1) is 0 Å². The number of hydrogen-bond donors (Lipinski definition) is 2. The molecule has 9 heteroatoms. The quantitative estimate of drug-likeness (QED) is 0.200. The summed E-state index contributed by atoms with van der Waals surface area (Å²) in [5.74, 6) is 1.93. The molecule has 168 valence electrons. The smallest absolute Gasteiger partial charge is 0.228 e. The van der Waals surface area contributed by atoms with Crippen molar-refractivity contribution in [3.8, 4) is 11.4 Å². The fraction of sp³-hybridized carbons (Fsp3) is 0.571. The van der Waals surface area contributed by atoms with Crippen molar-refractivity contribution >= 4 is 41.5 Å². The second kappa shape index (κ2) is 13.8. The lowest BCUT2D eigenvalue weighted by Crippen LogP contribution is -2.41. The Morgan fingerprint density at radius 3 is 2.33 bits per heavy atom. The number of guanidine groups is 1. The van der Waals surface area contributed by atoms with Crippen molar-refractivity contribution in [3.63, 3.8) is 0 Å². The van der Waals surface area contributed by atoms with Gasteiger partial charge in [-0.1, -0.05) is 16.8 Å². The second-order valence-electron chi connectivity index (χ2n) is 7.47. The normalized spacial score (nSPS) is 11.8. The lowest BCUT2D eigenvalue weighted by atomic mass is 10.2. The van der Waals surface area contributed by atoms with Crippen molar-refractivity contribution in [2.24, 2.45) is 4.99 Å². The van der Waals surface area contributed by atoms with E-state index in [0.29, 0.717) is 41.8 Å². The van der Waals surface area contributed by atoms with Crippen molar-refractivity contribution in [3.05, 3.63) is 35.2 Å². The molecular formula is C21H34ClIN6O. The van der Waals surface area contributed by atoms with Crippen LogP contribution in [0.3, 0.4) is 0 Å². The highest BCUT2D eigenvalue weighted by atomic mass is 127. The molecule has 0 bridgehead atoms. The zero-order valence-corrected chi connectivity index (χ0v) is 21.6. The number of benzene rings is 1. The molecule has 0 radical (unpaired) electrons. The zero-order chi connectivity index (χ0) is 21.2. The Kier molecular flexibility index (Phi) is 12.3. The summed E-state index contributed by atoms with van der Waals surface area (Å²) in [7, 11) is 1.77. The summed E-state index contributed by atoms with van der Waals surface area (Å²) in [5, 5.41) is 11.4. The first kappa shape index (κ1) is 26.6. The third-order valence-corrected chi connectivity index (χ3v) is 4.89. The fourth-order valence-electron chi connectivity index (χ4n) is 3.16. The molecular weight excluding hydrogens is 515 g/mol. The van der Waals surface area contributed by atoms with Gasteiger partial charge in [0.15, 0.2) is 5.96 Å². The molecule has 0 saturated heterocycles. The van der Waals surface area contributed by atoms with E-state index in [1.54, 1.807) is 7.05 Å². The van der Waals surface area contributed by atoms with Gasteiger partial charge in [-0.25, -0.2) is 0 Å². The SMILES string of the molecule is CN=C(NCCCN(C(C)C)C(C)C)NCCc1nc(-c2ccc(Cl)cc2)no1.I. The van der Waals surface area contributed by atoms with Crippen LogP contribution in [0.25, 0.3) is 11.4 Å². The van der Waals surface area contributed by atoms with E-state index in [0.717, 1.165) is 31.0 Å². The summed E-state index contributed by atoms with van der Waals surface area (Å²) in [6.45, 7) is 11.6. The van der Waals surface area contributed by atoms with Gasteiger partial charge in [0.05, 0.1) is 0 Å². The molecule has 7 nitrogen and oxygen atoms in total. The van der Waals surface area contributed by atoms with E-state index >= 15 is 0 Å². The summed E-state index contributed by atoms with van der Waals surface area (Å²) in [4.78, 5) is 11.2. The van der Waals surface area contributed by atoms with Crippen molar-refractivity contribution in [1.29, 1.82) is 0 Å². The molecule has 1 heterocycles. The van der Waals surface area contributed by atoms with Gasteiger partial charge in [0.1, 0.15) is 0 Å². The van der Waals surface area contributed by atoms with Crippen LogP contribution in [0.4, 0.5) is 0 Å². The predicted octanol–water partition coefficient (Wildman–Crippen LogP) is 4.22. The Bertz CT molecular complexity index is 755. The topological polar surface area (TPSA) is 78.6 Å². The summed E-state index contributed by atoms with van der Waals surface area (Å²) in [6, 6.07) is 8.48. The zero-order valence-electron chi connectivity index (χ0n) is 18.5. The van der Waals surface area contributed by atoms with E-state index in [1.807, 2.05) is 24.3 Å². The summed E-state index contributed by atoms with van der Waals surface area (Å²) in [6.07, 6.45) is 1.68. The minimum atomic E-state index is 0. The number of nitrogens with zero attached hydrogens (tertiary/aromatic N) is 4. The van der Waals surface area contributed by atoms with Gasteiger partial charge in [0.2, 0.25) is 11.7 Å². The van der Waals surface area contributed by atoms with E-state index in [4.69, 9.17) is 16.1 Å². The highest BCUT2D eigenvalue weighted by Gasteiger charge is 2.12. The van der Waals surface area contributed by atoms with Crippen molar-refractivity contribution in [2.75, 3.05) is 26.7 Å². The Morgan fingerprint density at radius 1 is 1.10 bits per heavy atom. The molecule has 0 aliphatic rings. The van der Waals surface area contributed by atoms with Crippen LogP contribution in [-0.4, -0.2) is 59.8 Å². The molecule has 0 amide bonds. The van der Waals surface area contributed by atoms with Gasteiger partial charge in [-0.2, -0.15) is 4.98 Å². The summed E-state index contributed by atoms with van der Waals surface area (Å²) in [5.41, 5.74) is 0.881. The second-order valence-corrected chi connectivity index (χ2v) is 7.91. The maximum atomic E-state index is 5.91. The van der Waals surface area contributed by atoms with Crippen LogP contribution in [0.2, 0.25) is 5.02 Å². The average Bonchev–Trinajstić information content (AvgIpc) is 3.15. The molecule has 2 aromatic rings. The first-order valence-electron chi connectivity index (χ1n) is 10.2. The van der Waals surface area contributed by atoms with E-state index in [9.17, 15) is 0 Å². The van der Waals surface area contributed by atoms with Gasteiger partial charge in [0.25, 0.3) is 0 Å². The number of nitrogens with one attached hydrogen (secondary N) is 2. The Balaban J connectivity index is 0.00000450. The largest absolute Gasteiger partial charge is 0.356 e. The van der Waals surface area contributed by atoms with Crippen LogP contribution in [0.5, 0.6) is 0 Å². The molecule has 0 unspecified atom stereocenters. The van der Waals surface area contributed by atoms with Crippen LogP contribution in [0.15, 0.2) is 33.8 Å². The lowest BCUT2D eigenvalue weighted by Gasteiger charge is -2.30. The maximum absolute atomic E-state index is 5.91. The predicted molar refractivity (Wildman–Crippen MR) is 135 cm³/mol. The Labute approximate surface area is 202 Å². The fourth-order valence-corrected chi connectivity index (χ4v) is 3.29. The standard InChI is InChI=1S/C21H33ClN6O.HI/c1-15(2)28(16(3)4)14-6-12-24-21(23-5)25-13-11-19-26-20(27-29-19)17-7-9-18(22)10-8-17;/h7-10,15-16H,6,11-14H2,1-5H3,(H2,23,24,25);1H. The monoisotopic (exact) mass is 548 g/mol. The number of aliphatic imine (C=N–C) groups is 1. The van der Waals surface area contributed by atoms with E-state index in [2.05, 4.69) is 58.4 Å². The van der Waals surface area contributed by atoms with Gasteiger partial charge in [0, 0.05) is 55.8 Å². The van der Waals surface area contributed by atoms with E-state index < -0.39 is 0 Å². The van der Waals surface area contributed by atoms with Crippen LogP contribution in [0.1, 0.15) is 40.0 Å². The Hall–Kier alpha value is -1.39. The number of halogens is 2. The van der Waals surface area contributed by atoms with Crippen LogP contribution < -0.4 is 10.6 Å². The van der Waals surface area contributed by atoms with E-state index in [-0.39, 0.29) is 24.0 Å². The minimum absolute atomic E-state index is 0. The first-order chi connectivity index (χ1) is 13.9. The molecule has 0 atom stereocenters. The van der Waals surface area contributed by atoms with Gasteiger partial charge in [-0.3, -0.25) is 9.89 Å². The van der Waals surface area contributed by atoms with Crippen LogP contribution >= 0.6 is 35.6 Å². The van der Waals surface area contributed by atoms with Gasteiger partial charge in [-0.05, 0) is 58.4 Å². The molecule has 0 spiro atoms. The van der Waals surface area contributed by atoms with Crippen molar-refractivity contribution in [2.45, 2.75) is 52.6 Å². The first-order valence-corrected chi connectivity index (χ1v) is 10.6. The molecule has 0 saturated carbocycles. The van der Waals surface area contributed by atoms with Crippen molar-refractivity contribution in [1.82, 2.24) is 25.7 Å². The number of aromatic nitrogens is 2. The lowest BCUT2D eigenvalue weighted by molar-refractivity contribution is 0.173. The minimum Gasteiger partial charge on any atom is -0.356 e. The van der Waals surface area contributed by atoms with Crippen molar-refractivity contribution < 1.29 is 4.52 Å². The molecule has 1 aromatic carbocycles. The van der Waals surface area contributed by atoms with Gasteiger partial charge in [-0.15, -0.1) is 24.0 Å². The maximum Gasteiger partial charge on any atom is 0.228 e. The summed E-state index contributed by atoms with van der Waals surface area (Å²) < 4.78 is 5.33. The molecule has 0 fully saturated rings. The molecule has 30 heavy (non-hydrogen) atoms. The third kappa shape index (κ3) is 8.77. The van der Waals surface area contributed by atoms with Gasteiger partial charge >= 0.3 is 0 Å². The van der Waals surface area contributed by atoms with Crippen LogP contribution in [-0.2, 0) is 6.42 Å². The molecule has 2 rings (SSSR count). The summed E-state index contributed by atoms with van der Waals surface area (Å²) >= 11 is 5.91. The molecule has 0 aliphatic carbocycles. The number of rotatable bonds is 10. The Morgan fingerprint density at radius 2 is 1.73 bits per heavy atom. The molecule has 0 aliphatic heterocycles.